The number of ketones is 1. The topological polar surface area (TPSA) is 169 Å². The normalized spacial score (nSPS) is 13.4. The van der Waals surface area contributed by atoms with Crippen molar-refractivity contribution in [2.24, 2.45) is 17.8 Å². The Morgan fingerprint density at radius 3 is 2.14 bits per heavy atom. The van der Waals surface area contributed by atoms with E-state index in [-0.39, 0.29) is 51.2 Å². The maximum Gasteiger partial charge on any atom is 0.419 e. The van der Waals surface area contributed by atoms with Crippen LogP contribution in [0.15, 0.2) is 55.5 Å². The molecule has 0 fully saturated rings. The number of benzene rings is 1. The molecule has 1 amide bonds. The van der Waals surface area contributed by atoms with Crippen molar-refractivity contribution >= 4 is 35.7 Å². The molecule has 0 bridgehead atoms. The molecule has 51 heavy (non-hydrogen) atoms. The van der Waals surface area contributed by atoms with Crippen molar-refractivity contribution in [1.29, 1.82) is 0 Å². The van der Waals surface area contributed by atoms with Gasteiger partial charge >= 0.3 is 24.0 Å². The molecule has 2 rings (SSSR count). The summed E-state index contributed by atoms with van der Waals surface area (Å²) in [5, 5.41) is 2.73. The minimum Gasteiger partial charge on any atom is -0.461 e. The van der Waals surface area contributed by atoms with Gasteiger partial charge in [0, 0.05) is 25.5 Å². The van der Waals surface area contributed by atoms with Gasteiger partial charge in [0.2, 0.25) is 5.91 Å². The van der Waals surface area contributed by atoms with E-state index in [0.29, 0.717) is 5.69 Å². The Hall–Kier alpha value is -4.81. The molecule has 0 aliphatic heterocycles. The van der Waals surface area contributed by atoms with E-state index >= 15 is 0 Å². The molecular formula is C38H53N3O10. The minimum atomic E-state index is -1.21. The molecule has 0 saturated heterocycles. The Bertz CT molecular complexity index is 1500. The standard InChI is InChI=1S/C38H53N3O10/c1-10-18-48-35(46)27(19-28-22-41(24-39-28)36(47)51-38(7,8)9)20-31(42)30(16-17-32(43)50-37(4,5)6)40-34(45)29(25(2)3)21-33(44)49-23-26-14-12-11-13-15-26/h10-15,22,24-25,27,29-30H,1,16-21,23H2,2-9H3,(H,40,45)/t27-,29+,30+/m1/s1. The zero-order valence-corrected chi connectivity index (χ0v) is 31.1. The van der Waals surface area contributed by atoms with Crippen LogP contribution in [0.1, 0.15) is 92.3 Å². The van der Waals surface area contributed by atoms with Gasteiger partial charge in [0.25, 0.3) is 0 Å². The molecule has 0 spiro atoms. The number of carbonyl (C=O) groups excluding carboxylic acids is 6. The van der Waals surface area contributed by atoms with Crippen molar-refractivity contribution in [3.05, 3.63) is 66.8 Å². The highest BCUT2D eigenvalue weighted by molar-refractivity contribution is 5.93. The number of hydrogen-bond acceptors (Lipinski definition) is 11. The number of ether oxygens (including phenoxy) is 4. The molecule has 1 N–H and O–H groups in total. The van der Waals surface area contributed by atoms with Crippen LogP contribution in [-0.4, -0.2) is 69.1 Å². The van der Waals surface area contributed by atoms with Gasteiger partial charge in [-0.3, -0.25) is 24.0 Å². The fraction of sp³-hybridized carbons (Fsp3) is 0.553. The van der Waals surface area contributed by atoms with Crippen molar-refractivity contribution in [3.63, 3.8) is 0 Å². The van der Waals surface area contributed by atoms with Crippen LogP contribution in [0.5, 0.6) is 0 Å². The third-order valence-electron chi connectivity index (χ3n) is 7.35. The number of esters is 3. The van der Waals surface area contributed by atoms with Crippen LogP contribution in [0.2, 0.25) is 0 Å². The molecular weight excluding hydrogens is 658 g/mol. The van der Waals surface area contributed by atoms with E-state index in [0.717, 1.165) is 10.1 Å². The van der Waals surface area contributed by atoms with Crippen molar-refractivity contribution in [3.8, 4) is 0 Å². The number of carbonyl (C=O) groups is 6. The average Bonchev–Trinajstić information content (AvgIpc) is 3.50. The first-order valence-corrected chi connectivity index (χ1v) is 17.1. The van der Waals surface area contributed by atoms with Gasteiger partial charge in [0.15, 0.2) is 5.78 Å². The van der Waals surface area contributed by atoms with E-state index in [9.17, 15) is 28.8 Å². The molecule has 0 saturated carbocycles. The van der Waals surface area contributed by atoms with Gasteiger partial charge in [0.05, 0.1) is 30.0 Å². The third kappa shape index (κ3) is 16.2. The second-order valence-corrected chi connectivity index (χ2v) is 14.6. The Balaban J connectivity index is 2.28. The van der Waals surface area contributed by atoms with E-state index in [1.54, 1.807) is 55.4 Å². The number of Topliss-reactive ketones (excluding diaryl/α,β-unsaturated/α-hetero) is 1. The monoisotopic (exact) mass is 711 g/mol. The summed E-state index contributed by atoms with van der Waals surface area (Å²) in [4.78, 5) is 82.9. The predicted octanol–water partition coefficient (Wildman–Crippen LogP) is 5.53. The molecule has 0 aliphatic carbocycles. The Morgan fingerprint density at radius 2 is 1.55 bits per heavy atom. The summed E-state index contributed by atoms with van der Waals surface area (Å²) in [7, 11) is 0. The molecule has 1 heterocycles. The molecule has 2 aromatic rings. The summed E-state index contributed by atoms with van der Waals surface area (Å²) in [6.07, 6.45) is 2.34. The average molecular weight is 712 g/mol. The van der Waals surface area contributed by atoms with Gasteiger partial charge in [-0.05, 0) is 59.4 Å². The highest BCUT2D eigenvalue weighted by Crippen LogP contribution is 2.21. The first-order valence-electron chi connectivity index (χ1n) is 17.1. The Morgan fingerprint density at radius 1 is 0.902 bits per heavy atom. The fourth-order valence-corrected chi connectivity index (χ4v) is 4.87. The second kappa shape index (κ2) is 19.5. The zero-order chi connectivity index (χ0) is 38.4. The van der Waals surface area contributed by atoms with Gasteiger partial charge in [-0.25, -0.2) is 14.3 Å². The largest absolute Gasteiger partial charge is 0.461 e. The summed E-state index contributed by atoms with van der Waals surface area (Å²) in [5.74, 6) is -5.22. The van der Waals surface area contributed by atoms with Crippen molar-refractivity contribution in [1.82, 2.24) is 14.9 Å². The molecule has 1 aromatic carbocycles. The summed E-state index contributed by atoms with van der Waals surface area (Å²) >= 11 is 0. The van der Waals surface area contributed by atoms with Gasteiger partial charge in [0.1, 0.15) is 30.7 Å². The number of rotatable bonds is 18. The SMILES string of the molecule is C=CCOC(=O)[C@@H](CC(=O)[C@H](CCC(=O)OC(C)(C)C)NC(=O)[C@@H](CC(=O)OCc1ccccc1)C(C)C)Cc1cn(C(=O)OC(C)(C)C)cn1. The van der Waals surface area contributed by atoms with Crippen LogP contribution >= 0.6 is 0 Å². The fourth-order valence-electron chi connectivity index (χ4n) is 4.87. The Kier molecular flexibility index (Phi) is 16.2. The quantitative estimate of drug-likeness (QED) is 0.117. The molecule has 13 heteroatoms. The maximum absolute atomic E-state index is 13.9. The van der Waals surface area contributed by atoms with Crippen LogP contribution in [0, 0.1) is 17.8 Å². The van der Waals surface area contributed by atoms with Gasteiger partial charge in [-0.1, -0.05) is 56.8 Å². The summed E-state index contributed by atoms with van der Waals surface area (Å²) in [5.41, 5.74) is -0.411. The number of nitrogens with one attached hydrogen (secondary N) is 1. The van der Waals surface area contributed by atoms with E-state index in [1.807, 2.05) is 30.3 Å². The summed E-state index contributed by atoms with van der Waals surface area (Å²) < 4.78 is 22.6. The third-order valence-corrected chi connectivity index (χ3v) is 7.35. The van der Waals surface area contributed by atoms with Crippen molar-refractivity contribution in [2.75, 3.05) is 6.61 Å². The van der Waals surface area contributed by atoms with Gasteiger partial charge < -0.3 is 24.3 Å². The van der Waals surface area contributed by atoms with Crippen molar-refractivity contribution in [2.45, 2.75) is 111 Å². The zero-order valence-electron chi connectivity index (χ0n) is 31.1. The minimum absolute atomic E-state index is 0.0441. The molecule has 0 radical (unpaired) electrons. The van der Waals surface area contributed by atoms with Crippen LogP contribution in [0.3, 0.4) is 0 Å². The molecule has 0 unspecified atom stereocenters. The molecule has 3 atom stereocenters. The van der Waals surface area contributed by atoms with Gasteiger partial charge in [-0.2, -0.15) is 0 Å². The van der Waals surface area contributed by atoms with Crippen LogP contribution in [-0.2, 0) is 55.9 Å². The van der Waals surface area contributed by atoms with Crippen LogP contribution in [0.25, 0.3) is 0 Å². The number of amides is 1. The molecule has 1 aromatic heterocycles. The predicted molar refractivity (Wildman–Crippen MR) is 188 cm³/mol. The van der Waals surface area contributed by atoms with Crippen LogP contribution in [0.4, 0.5) is 4.79 Å². The van der Waals surface area contributed by atoms with E-state index < -0.39 is 64.8 Å². The van der Waals surface area contributed by atoms with E-state index in [1.165, 1.54) is 18.6 Å². The molecule has 280 valence electrons. The second-order valence-electron chi connectivity index (χ2n) is 14.6. The molecule has 13 nitrogen and oxygen atoms in total. The summed E-state index contributed by atoms with van der Waals surface area (Å²) in [6.45, 7) is 17.3. The van der Waals surface area contributed by atoms with E-state index in [2.05, 4.69) is 16.9 Å². The Labute approximate surface area is 300 Å². The highest BCUT2D eigenvalue weighted by atomic mass is 16.6. The van der Waals surface area contributed by atoms with E-state index in [4.69, 9.17) is 18.9 Å². The first-order chi connectivity index (χ1) is 23.8. The highest BCUT2D eigenvalue weighted by Gasteiger charge is 2.33. The molecule has 0 aliphatic rings. The number of hydrogen-bond donors (Lipinski definition) is 1. The lowest BCUT2D eigenvalue weighted by Crippen LogP contribution is -2.46. The van der Waals surface area contributed by atoms with Crippen molar-refractivity contribution < 1.29 is 47.7 Å². The lowest BCUT2D eigenvalue weighted by molar-refractivity contribution is -0.155. The smallest absolute Gasteiger partial charge is 0.419 e. The number of nitrogens with zero attached hydrogens (tertiary/aromatic N) is 2. The number of imidazole rings is 1. The lowest BCUT2D eigenvalue weighted by atomic mass is 9.89. The van der Waals surface area contributed by atoms with Crippen LogP contribution < -0.4 is 5.32 Å². The lowest BCUT2D eigenvalue weighted by Gasteiger charge is -2.25. The van der Waals surface area contributed by atoms with Gasteiger partial charge in [-0.15, -0.1) is 0 Å². The number of aromatic nitrogens is 2. The first kappa shape index (κ1) is 42.4. The maximum atomic E-state index is 13.9. The summed E-state index contributed by atoms with van der Waals surface area (Å²) in [6, 6.07) is 7.91.